The van der Waals surface area contributed by atoms with Gasteiger partial charge in [-0.15, -0.1) is 0 Å². The van der Waals surface area contributed by atoms with Gasteiger partial charge in [0.25, 0.3) is 0 Å². The number of amides is 1. The van der Waals surface area contributed by atoms with E-state index in [9.17, 15) is 18.0 Å². The van der Waals surface area contributed by atoms with Crippen molar-refractivity contribution in [1.29, 1.82) is 0 Å². The van der Waals surface area contributed by atoms with E-state index in [1.807, 2.05) is 24.3 Å². The Morgan fingerprint density at radius 2 is 1.86 bits per heavy atom. The Kier molecular flexibility index (Phi) is 3.55. The van der Waals surface area contributed by atoms with Gasteiger partial charge in [0, 0.05) is 25.3 Å². The quantitative estimate of drug-likeness (QED) is 0.864. The third-order valence-electron chi connectivity index (χ3n) is 4.40. The van der Waals surface area contributed by atoms with E-state index in [1.54, 1.807) is 4.90 Å². The molecule has 6 heteroatoms. The molecule has 0 saturated carbocycles. The number of hydrogen-bond acceptors (Lipinski definition) is 2. The van der Waals surface area contributed by atoms with Crippen molar-refractivity contribution in [2.45, 2.75) is 24.9 Å². The van der Waals surface area contributed by atoms with E-state index in [1.165, 1.54) is 0 Å². The number of fused-ring (bicyclic) bond motifs is 1. The van der Waals surface area contributed by atoms with Crippen LogP contribution in [-0.2, 0) is 4.79 Å². The van der Waals surface area contributed by atoms with Crippen molar-refractivity contribution in [3.63, 3.8) is 0 Å². The first-order chi connectivity index (χ1) is 9.97. The molecule has 3 rings (SSSR count). The Bertz CT molecular complexity index is 536. The molecule has 0 spiro atoms. The predicted molar refractivity (Wildman–Crippen MR) is 73.0 cm³/mol. The van der Waals surface area contributed by atoms with Gasteiger partial charge in [0.05, 0.1) is 11.8 Å². The number of nitrogens with zero attached hydrogens (tertiary/aromatic N) is 1. The maximum atomic E-state index is 12.7. The number of nitrogens with one attached hydrogen (secondary N) is 1. The summed E-state index contributed by atoms with van der Waals surface area (Å²) in [4.78, 5) is 14.1. The third kappa shape index (κ3) is 2.71. The fourth-order valence-electron chi connectivity index (χ4n) is 3.15. The van der Waals surface area contributed by atoms with Crippen LogP contribution in [0.15, 0.2) is 24.3 Å². The van der Waals surface area contributed by atoms with Crippen LogP contribution in [0.5, 0.6) is 0 Å². The van der Waals surface area contributed by atoms with Gasteiger partial charge in [0.1, 0.15) is 0 Å². The normalized spacial score (nSPS) is 22.8. The van der Waals surface area contributed by atoms with Gasteiger partial charge in [-0.05, 0) is 24.5 Å². The Labute approximate surface area is 121 Å². The van der Waals surface area contributed by atoms with Gasteiger partial charge in [-0.3, -0.25) is 4.79 Å². The Balaban J connectivity index is 1.66. The molecule has 2 heterocycles. The number of rotatable bonds is 1. The molecule has 1 fully saturated rings. The molecule has 0 aromatic heterocycles. The summed E-state index contributed by atoms with van der Waals surface area (Å²) in [5.41, 5.74) is 1.89. The van der Waals surface area contributed by atoms with Crippen molar-refractivity contribution < 1.29 is 18.0 Å². The number of likely N-dealkylation sites (tertiary alicyclic amines) is 1. The minimum absolute atomic E-state index is 0.0109. The Hall–Kier alpha value is -1.72. The number of anilines is 1. The van der Waals surface area contributed by atoms with Gasteiger partial charge in [-0.25, -0.2) is 0 Å². The Morgan fingerprint density at radius 1 is 1.19 bits per heavy atom. The van der Waals surface area contributed by atoms with Crippen LogP contribution in [-0.4, -0.2) is 36.6 Å². The third-order valence-corrected chi connectivity index (χ3v) is 4.40. The number of halogens is 3. The molecule has 2 aliphatic rings. The monoisotopic (exact) mass is 298 g/mol. The van der Waals surface area contributed by atoms with Crippen LogP contribution in [0.25, 0.3) is 0 Å². The van der Waals surface area contributed by atoms with Crippen molar-refractivity contribution in [1.82, 2.24) is 4.90 Å². The zero-order valence-corrected chi connectivity index (χ0v) is 11.5. The topological polar surface area (TPSA) is 32.3 Å². The second-order valence-corrected chi connectivity index (χ2v) is 5.66. The molecule has 21 heavy (non-hydrogen) atoms. The number of para-hydroxylation sites is 1. The predicted octanol–water partition coefficient (Wildman–Crippen LogP) is 3.00. The van der Waals surface area contributed by atoms with Crippen molar-refractivity contribution in [2.75, 3.05) is 25.0 Å². The largest absolute Gasteiger partial charge is 0.391 e. The average molecular weight is 298 g/mol. The zero-order chi connectivity index (χ0) is 15.0. The number of benzene rings is 1. The smallest absolute Gasteiger partial charge is 0.384 e. The highest BCUT2D eigenvalue weighted by molar-refractivity contribution is 5.88. The first kappa shape index (κ1) is 14.2. The Morgan fingerprint density at radius 3 is 2.52 bits per heavy atom. The number of hydrogen-bond donors (Lipinski definition) is 1. The van der Waals surface area contributed by atoms with E-state index in [4.69, 9.17) is 0 Å². The van der Waals surface area contributed by atoms with Crippen LogP contribution in [0.1, 0.15) is 24.3 Å². The van der Waals surface area contributed by atoms with E-state index in [0.717, 1.165) is 11.3 Å². The summed E-state index contributed by atoms with van der Waals surface area (Å²) in [5.74, 6) is -1.60. The van der Waals surface area contributed by atoms with Crippen LogP contribution in [0.4, 0.5) is 18.9 Å². The molecule has 1 atom stereocenters. The minimum atomic E-state index is -4.14. The minimum Gasteiger partial charge on any atom is -0.384 e. The zero-order valence-electron chi connectivity index (χ0n) is 11.5. The summed E-state index contributed by atoms with van der Waals surface area (Å²) in [7, 11) is 0. The summed E-state index contributed by atoms with van der Waals surface area (Å²) in [6.07, 6.45) is -4.12. The van der Waals surface area contributed by atoms with Crippen molar-refractivity contribution in [2.24, 2.45) is 5.92 Å². The molecule has 2 aliphatic heterocycles. The van der Waals surface area contributed by atoms with E-state index >= 15 is 0 Å². The molecule has 0 aliphatic carbocycles. The first-order valence-electron chi connectivity index (χ1n) is 7.15. The van der Waals surface area contributed by atoms with Gasteiger partial charge in [0.2, 0.25) is 5.91 Å². The van der Waals surface area contributed by atoms with E-state index in [-0.39, 0.29) is 37.8 Å². The van der Waals surface area contributed by atoms with Gasteiger partial charge in [0.15, 0.2) is 0 Å². The average Bonchev–Trinajstić information content (AvgIpc) is 2.90. The van der Waals surface area contributed by atoms with Crippen molar-refractivity contribution in [3.05, 3.63) is 29.8 Å². The van der Waals surface area contributed by atoms with Crippen LogP contribution in [0.2, 0.25) is 0 Å². The molecule has 1 aromatic rings. The van der Waals surface area contributed by atoms with Crippen LogP contribution in [0, 0.1) is 5.92 Å². The standard InChI is InChI=1S/C15H17F3N2O/c16-15(17,18)10-5-7-20(8-6-10)14(21)12-9-19-13-4-2-1-3-11(12)13/h1-4,10,12,19H,5-9H2. The fourth-order valence-corrected chi connectivity index (χ4v) is 3.15. The lowest BCUT2D eigenvalue weighted by Gasteiger charge is -2.34. The molecular formula is C15H17F3N2O. The maximum Gasteiger partial charge on any atom is 0.391 e. The van der Waals surface area contributed by atoms with Gasteiger partial charge < -0.3 is 10.2 Å². The second-order valence-electron chi connectivity index (χ2n) is 5.66. The molecular weight excluding hydrogens is 281 g/mol. The highest BCUT2D eigenvalue weighted by atomic mass is 19.4. The molecule has 1 amide bonds. The first-order valence-corrected chi connectivity index (χ1v) is 7.15. The molecule has 1 N–H and O–H groups in total. The van der Waals surface area contributed by atoms with Crippen molar-refractivity contribution >= 4 is 11.6 Å². The molecule has 1 aromatic carbocycles. The lowest BCUT2D eigenvalue weighted by molar-refractivity contribution is -0.186. The molecule has 0 radical (unpaired) electrons. The summed E-state index contributed by atoms with van der Waals surface area (Å²) in [6.45, 7) is 0.917. The lowest BCUT2D eigenvalue weighted by atomic mass is 9.94. The summed E-state index contributed by atoms with van der Waals surface area (Å²) in [5, 5.41) is 3.18. The molecule has 0 bridgehead atoms. The lowest BCUT2D eigenvalue weighted by Crippen LogP contribution is -2.44. The molecule has 3 nitrogen and oxygen atoms in total. The van der Waals surface area contributed by atoms with Gasteiger partial charge in [-0.1, -0.05) is 18.2 Å². The van der Waals surface area contributed by atoms with Crippen molar-refractivity contribution in [3.8, 4) is 0 Å². The van der Waals surface area contributed by atoms with Gasteiger partial charge >= 0.3 is 6.18 Å². The second kappa shape index (κ2) is 5.24. The fraction of sp³-hybridized carbons (Fsp3) is 0.533. The summed E-state index contributed by atoms with van der Waals surface area (Å²) < 4.78 is 38.0. The van der Waals surface area contributed by atoms with Crippen LogP contribution >= 0.6 is 0 Å². The SMILES string of the molecule is O=C(C1CNc2ccccc21)N1CCC(C(F)(F)F)CC1. The highest BCUT2D eigenvalue weighted by Crippen LogP contribution is 2.36. The van der Waals surface area contributed by atoms with Gasteiger partial charge in [-0.2, -0.15) is 13.2 Å². The van der Waals surface area contributed by atoms with E-state index < -0.39 is 12.1 Å². The number of alkyl halides is 3. The molecule has 1 unspecified atom stereocenters. The number of carbonyl (C=O) groups excluding carboxylic acids is 1. The highest BCUT2D eigenvalue weighted by Gasteiger charge is 2.42. The molecule has 114 valence electrons. The van der Waals surface area contributed by atoms with Crippen LogP contribution in [0.3, 0.4) is 0 Å². The van der Waals surface area contributed by atoms with Crippen LogP contribution < -0.4 is 5.32 Å². The maximum absolute atomic E-state index is 12.7. The van der Waals surface area contributed by atoms with E-state index in [0.29, 0.717) is 6.54 Å². The number of carbonyl (C=O) groups is 1. The summed E-state index contributed by atoms with van der Waals surface area (Å²) in [6, 6.07) is 7.59. The van der Waals surface area contributed by atoms with E-state index in [2.05, 4.69) is 5.32 Å². The molecule has 1 saturated heterocycles. The summed E-state index contributed by atoms with van der Waals surface area (Å²) >= 11 is 0. The number of piperidine rings is 1.